The lowest BCUT2D eigenvalue weighted by Gasteiger charge is -2.30. The first kappa shape index (κ1) is 33.8. The van der Waals surface area contributed by atoms with Crippen molar-refractivity contribution in [2.24, 2.45) is 0 Å². The fraction of sp³-hybridized carbons (Fsp3) is 0.111. The van der Waals surface area contributed by atoms with Gasteiger partial charge >= 0.3 is 31.7 Å². The molecule has 2 aliphatic carbocycles. The average molecular weight is 707 g/mol. The van der Waals surface area contributed by atoms with Gasteiger partial charge in [-0.15, -0.1) is 0 Å². The zero-order valence-corrected chi connectivity index (χ0v) is 28.1. The Kier molecular flexibility index (Phi) is 8.64. The van der Waals surface area contributed by atoms with Crippen LogP contribution in [0.5, 0.6) is 11.5 Å². The lowest BCUT2D eigenvalue weighted by molar-refractivity contribution is -0.00459. The van der Waals surface area contributed by atoms with Crippen LogP contribution in [0.3, 0.4) is 0 Å². The summed E-state index contributed by atoms with van der Waals surface area (Å²) in [5, 5.41) is 0. The van der Waals surface area contributed by atoms with E-state index in [1.165, 1.54) is 85.0 Å². The number of rotatable bonds is 9. The molecular formula is C36H26N4O8S2. The SMILES string of the molecule is CCC(C)(c1ccc(OS(=O)(=O)c2cccc3c2C=CC(=[N+]=[N-])C3=O)cc1)c1ccc(OS(=O)(=O)c2cccc3c2C=CC(=[N+]=[N-])C3=O)cc1. The molecule has 0 aliphatic heterocycles. The molecule has 12 nitrogen and oxygen atoms in total. The first-order valence-electron chi connectivity index (χ1n) is 15.1. The molecule has 4 aromatic rings. The van der Waals surface area contributed by atoms with Gasteiger partial charge in [0, 0.05) is 39.8 Å². The predicted octanol–water partition coefficient (Wildman–Crippen LogP) is 5.70. The maximum Gasteiger partial charge on any atom is 0.362 e. The third-order valence-corrected chi connectivity index (χ3v) is 11.4. The molecule has 0 N–H and O–H groups in total. The van der Waals surface area contributed by atoms with Gasteiger partial charge in [-0.3, -0.25) is 9.59 Å². The Morgan fingerprint density at radius 2 is 0.980 bits per heavy atom. The van der Waals surface area contributed by atoms with Crippen molar-refractivity contribution in [2.75, 3.05) is 0 Å². The van der Waals surface area contributed by atoms with Crippen molar-refractivity contribution in [3.63, 3.8) is 0 Å². The van der Waals surface area contributed by atoms with Crippen LogP contribution in [-0.2, 0) is 25.7 Å². The fourth-order valence-corrected chi connectivity index (χ4v) is 8.14. The van der Waals surface area contributed by atoms with E-state index < -0.39 is 37.2 Å². The third-order valence-electron chi connectivity index (χ3n) is 8.76. The molecule has 0 amide bonds. The lowest BCUT2D eigenvalue weighted by atomic mass is 9.74. The second-order valence-electron chi connectivity index (χ2n) is 11.5. The Hall–Kier alpha value is -6.04. The van der Waals surface area contributed by atoms with Gasteiger partial charge in [-0.1, -0.05) is 62.4 Å². The molecule has 250 valence electrons. The van der Waals surface area contributed by atoms with E-state index in [-0.39, 0.29) is 55.0 Å². The number of benzene rings is 4. The second kappa shape index (κ2) is 12.8. The molecule has 0 atom stereocenters. The number of carbonyl (C=O) groups excluding carboxylic acids is 2. The van der Waals surface area contributed by atoms with Gasteiger partial charge in [0.2, 0.25) is 0 Å². The molecule has 50 heavy (non-hydrogen) atoms. The zero-order valence-electron chi connectivity index (χ0n) is 26.5. The minimum Gasteiger partial charge on any atom is -0.379 e. The fourth-order valence-electron chi connectivity index (χ4n) is 5.85. The molecule has 0 heterocycles. The molecular weight excluding hydrogens is 681 g/mol. The minimum absolute atomic E-state index is 0.0435. The van der Waals surface area contributed by atoms with E-state index in [0.717, 1.165) is 11.1 Å². The van der Waals surface area contributed by atoms with Crippen molar-refractivity contribution < 1.29 is 44.4 Å². The number of nitrogens with zero attached hydrogens (tertiary/aromatic N) is 4. The monoisotopic (exact) mass is 706 g/mol. The van der Waals surface area contributed by atoms with Crippen LogP contribution in [0.1, 0.15) is 63.2 Å². The van der Waals surface area contributed by atoms with Gasteiger partial charge in [-0.25, -0.2) is 0 Å². The highest BCUT2D eigenvalue weighted by molar-refractivity contribution is 7.87. The lowest BCUT2D eigenvalue weighted by Crippen LogP contribution is -2.23. The van der Waals surface area contributed by atoms with Gasteiger partial charge in [0.15, 0.2) is 0 Å². The van der Waals surface area contributed by atoms with Crippen LogP contribution < -0.4 is 8.37 Å². The largest absolute Gasteiger partial charge is 0.379 e. The van der Waals surface area contributed by atoms with E-state index in [4.69, 9.17) is 19.4 Å². The maximum atomic E-state index is 13.3. The maximum absolute atomic E-state index is 13.3. The van der Waals surface area contributed by atoms with E-state index in [1.807, 2.05) is 13.8 Å². The zero-order chi connectivity index (χ0) is 35.8. The van der Waals surface area contributed by atoms with Crippen LogP contribution in [0.15, 0.2) is 107 Å². The van der Waals surface area contributed by atoms with Gasteiger partial charge in [-0.2, -0.15) is 26.4 Å². The van der Waals surface area contributed by atoms with Crippen molar-refractivity contribution in [2.45, 2.75) is 35.5 Å². The summed E-state index contributed by atoms with van der Waals surface area (Å²) in [7, 11) is -8.73. The Labute approximate surface area is 287 Å². The highest BCUT2D eigenvalue weighted by Crippen LogP contribution is 2.38. The van der Waals surface area contributed by atoms with Crippen LogP contribution in [0.2, 0.25) is 0 Å². The minimum atomic E-state index is -4.36. The number of ketones is 2. The summed E-state index contributed by atoms with van der Waals surface area (Å²) in [4.78, 5) is 30.5. The number of fused-ring (bicyclic) bond motifs is 2. The molecule has 0 aromatic heterocycles. The molecule has 0 bridgehead atoms. The summed E-state index contributed by atoms with van der Waals surface area (Å²) < 4.78 is 64.0. The Bertz CT molecular complexity index is 2320. The first-order chi connectivity index (χ1) is 23.8. The van der Waals surface area contributed by atoms with Crippen molar-refractivity contribution in [1.29, 1.82) is 0 Å². The molecule has 0 saturated heterocycles. The Morgan fingerprint density at radius 1 is 0.600 bits per heavy atom. The summed E-state index contributed by atoms with van der Waals surface area (Å²) in [6.07, 6.45) is 5.82. The molecule has 6 rings (SSSR count). The number of hydrogen-bond donors (Lipinski definition) is 0. The molecule has 2 aliphatic rings. The highest BCUT2D eigenvalue weighted by Gasteiger charge is 2.33. The molecule has 0 fully saturated rings. The van der Waals surface area contributed by atoms with Gasteiger partial charge < -0.3 is 19.4 Å². The molecule has 0 unspecified atom stereocenters. The van der Waals surface area contributed by atoms with Crippen molar-refractivity contribution in [3.8, 4) is 11.5 Å². The summed E-state index contributed by atoms with van der Waals surface area (Å²) in [6.45, 7) is 3.96. The summed E-state index contributed by atoms with van der Waals surface area (Å²) in [5.41, 5.74) is 19.1. The Balaban J connectivity index is 1.21. The van der Waals surface area contributed by atoms with Crippen LogP contribution in [0.4, 0.5) is 0 Å². The average Bonchev–Trinajstić information content (AvgIpc) is 3.11. The van der Waals surface area contributed by atoms with Gasteiger partial charge in [0.25, 0.3) is 11.6 Å². The summed E-state index contributed by atoms with van der Waals surface area (Å²) in [5.74, 6) is -1.15. The first-order valence-corrected chi connectivity index (χ1v) is 17.9. The molecule has 14 heteroatoms. The number of hydrogen-bond acceptors (Lipinski definition) is 8. The number of Topliss-reactive ketones (excluding diaryl/α,β-unsaturated/α-hetero) is 2. The van der Waals surface area contributed by atoms with Gasteiger partial charge in [0.1, 0.15) is 21.3 Å². The predicted molar refractivity (Wildman–Crippen MR) is 182 cm³/mol. The molecule has 0 saturated carbocycles. The topological polar surface area (TPSA) is 194 Å². The van der Waals surface area contributed by atoms with Crippen molar-refractivity contribution in [3.05, 3.63) is 142 Å². The van der Waals surface area contributed by atoms with Crippen molar-refractivity contribution >= 4 is 55.4 Å². The van der Waals surface area contributed by atoms with Crippen LogP contribution in [0, 0.1) is 0 Å². The quantitative estimate of drug-likeness (QED) is 0.120. The highest BCUT2D eigenvalue weighted by atomic mass is 32.2. The second-order valence-corrected chi connectivity index (χ2v) is 14.6. The van der Waals surface area contributed by atoms with E-state index in [0.29, 0.717) is 6.42 Å². The molecule has 0 radical (unpaired) electrons. The summed E-state index contributed by atoms with van der Waals surface area (Å²) >= 11 is 0. The number of carbonyl (C=O) groups is 2. The van der Waals surface area contributed by atoms with Crippen LogP contribution in [-0.4, -0.2) is 49.4 Å². The summed E-state index contributed by atoms with van der Waals surface area (Å²) in [6, 6.07) is 21.3. The Morgan fingerprint density at radius 3 is 1.32 bits per heavy atom. The smallest absolute Gasteiger partial charge is 0.362 e. The van der Waals surface area contributed by atoms with Gasteiger partial charge in [0.05, 0.1) is 0 Å². The molecule has 4 aromatic carbocycles. The standard InChI is InChI=1S/C36H26N4O8S2/c1-3-36(2,22-10-14-24(15-11-22)47-49(43,44)32-8-4-6-28-26(32)18-20-30(39-37)34(28)41)23-12-16-25(17-13-23)48-50(45,46)33-9-5-7-29-27(33)19-21-31(40-38)35(29)42/h4-21H,3H2,1-2H3. The molecule has 0 spiro atoms. The normalized spacial score (nSPS) is 15.0. The van der Waals surface area contributed by atoms with Crippen LogP contribution >= 0.6 is 0 Å². The van der Waals surface area contributed by atoms with E-state index in [1.54, 1.807) is 24.3 Å². The van der Waals surface area contributed by atoms with Crippen molar-refractivity contribution in [1.82, 2.24) is 0 Å². The van der Waals surface area contributed by atoms with Crippen LogP contribution in [0.25, 0.3) is 23.2 Å². The van der Waals surface area contributed by atoms with Gasteiger partial charge in [-0.05, 0) is 66.1 Å². The third kappa shape index (κ3) is 5.93. The number of allylic oxidation sites excluding steroid dienone is 2. The van der Waals surface area contributed by atoms with E-state index in [2.05, 4.69) is 9.58 Å². The van der Waals surface area contributed by atoms with E-state index in [9.17, 15) is 26.4 Å². The van der Waals surface area contributed by atoms with E-state index >= 15 is 0 Å².